The monoisotopic (exact) mass is 541 g/mol. The molecule has 0 saturated carbocycles. The minimum atomic E-state index is 0.213. The molecule has 204 valence electrons. The van der Waals surface area contributed by atoms with Crippen LogP contribution in [0.15, 0.2) is 158 Å². The maximum absolute atomic E-state index is 3.89. The number of rotatable bonds is 7. The summed E-state index contributed by atoms with van der Waals surface area (Å²) in [6, 6.07) is 58.0. The van der Waals surface area contributed by atoms with Gasteiger partial charge in [-0.3, -0.25) is 0 Å². The molecule has 1 nitrogen and oxygen atoms in total. The van der Waals surface area contributed by atoms with Gasteiger partial charge < -0.3 is 5.32 Å². The Morgan fingerprint density at radius 1 is 0.405 bits per heavy atom. The average Bonchev–Trinajstić information content (AvgIpc) is 3.61. The van der Waals surface area contributed by atoms with Gasteiger partial charge in [0.25, 0.3) is 0 Å². The van der Waals surface area contributed by atoms with Crippen LogP contribution in [0.4, 0.5) is 0 Å². The Morgan fingerprint density at radius 3 is 1.02 bits per heavy atom. The molecular formula is C41H35N. The van der Waals surface area contributed by atoms with Crippen molar-refractivity contribution in [2.75, 3.05) is 6.54 Å². The summed E-state index contributed by atoms with van der Waals surface area (Å²) in [4.78, 5) is 0. The van der Waals surface area contributed by atoms with Crippen molar-refractivity contribution >= 4 is 0 Å². The van der Waals surface area contributed by atoms with E-state index in [1.807, 2.05) is 0 Å². The lowest BCUT2D eigenvalue weighted by Crippen LogP contribution is -2.29. The first kappa shape index (κ1) is 26.2. The molecular weight excluding hydrogens is 506 g/mol. The number of nitrogens with one attached hydrogen (secondary N) is 1. The van der Waals surface area contributed by atoms with Gasteiger partial charge in [0.1, 0.15) is 0 Å². The van der Waals surface area contributed by atoms with E-state index in [0.29, 0.717) is 6.04 Å². The van der Waals surface area contributed by atoms with E-state index in [4.69, 9.17) is 0 Å². The lowest BCUT2D eigenvalue weighted by molar-refractivity contribution is 0.541. The highest BCUT2D eigenvalue weighted by Crippen LogP contribution is 2.40. The summed E-state index contributed by atoms with van der Waals surface area (Å²) in [5.41, 5.74) is 12.8. The van der Waals surface area contributed by atoms with Crippen molar-refractivity contribution in [3.05, 3.63) is 169 Å². The van der Waals surface area contributed by atoms with Crippen LogP contribution in [0.25, 0.3) is 44.5 Å². The zero-order valence-corrected chi connectivity index (χ0v) is 23.8. The summed E-state index contributed by atoms with van der Waals surface area (Å²) in [5, 5.41) is 3.89. The third-order valence-electron chi connectivity index (χ3n) is 8.56. The van der Waals surface area contributed by atoms with E-state index in [0.717, 1.165) is 13.0 Å². The fraction of sp³-hybridized carbons (Fsp3) is 0.122. The van der Waals surface area contributed by atoms with Crippen molar-refractivity contribution in [1.82, 2.24) is 5.32 Å². The smallest absolute Gasteiger partial charge is 0.0244 e. The highest BCUT2D eigenvalue weighted by Gasteiger charge is 2.29. The Kier molecular flexibility index (Phi) is 7.50. The summed E-state index contributed by atoms with van der Waals surface area (Å²) >= 11 is 0. The van der Waals surface area contributed by atoms with Gasteiger partial charge in [0.2, 0.25) is 0 Å². The molecule has 1 saturated heterocycles. The van der Waals surface area contributed by atoms with Gasteiger partial charge in [-0.1, -0.05) is 146 Å². The first-order chi connectivity index (χ1) is 20.8. The van der Waals surface area contributed by atoms with E-state index in [9.17, 15) is 0 Å². The van der Waals surface area contributed by atoms with Crippen molar-refractivity contribution in [2.24, 2.45) is 0 Å². The van der Waals surface area contributed by atoms with Crippen LogP contribution in [0.5, 0.6) is 0 Å². The molecule has 1 fully saturated rings. The Hall–Kier alpha value is -4.72. The van der Waals surface area contributed by atoms with Crippen LogP contribution in [0.2, 0.25) is 0 Å². The van der Waals surface area contributed by atoms with Crippen molar-refractivity contribution in [3.63, 3.8) is 0 Å². The van der Waals surface area contributed by atoms with Crippen LogP contribution < -0.4 is 5.32 Å². The second-order valence-electron chi connectivity index (χ2n) is 11.3. The summed E-state index contributed by atoms with van der Waals surface area (Å²) in [7, 11) is 0. The second kappa shape index (κ2) is 12.0. The fourth-order valence-corrected chi connectivity index (χ4v) is 6.50. The van der Waals surface area contributed by atoms with Gasteiger partial charge in [-0.2, -0.15) is 0 Å². The number of benzene rings is 6. The van der Waals surface area contributed by atoms with Gasteiger partial charge in [-0.25, -0.2) is 0 Å². The maximum Gasteiger partial charge on any atom is 0.0244 e. The van der Waals surface area contributed by atoms with Crippen LogP contribution in [-0.2, 0) is 0 Å². The highest BCUT2D eigenvalue weighted by atomic mass is 14.9. The predicted molar refractivity (Wildman–Crippen MR) is 177 cm³/mol. The van der Waals surface area contributed by atoms with Gasteiger partial charge in [0, 0.05) is 12.0 Å². The van der Waals surface area contributed by atoms with Crippen LogP contribution in [0, 0.1) is 0 Å². The Morgan fingerprint density at radius 2 is 0.738 bits per heavy atom. The van der Waals surface area contributed by atoms with Crippen molar-refractivity contribution in [2.45, 2.75) is 24.8 Å². The number of hydrogen-bond donors (Lipinski definition) is 1. The third kappa shape index (κ3) is 5.57. The molecule has 0 bridgehead atoms. The molecule has 0 aromatic heterocycles. The highest BCUT2D eigenvalue weighted by molar-refractivity contribution is 5.77. The lowest BCUT2D eigenvalue weighted by atomic mass is 9.80. The van der Waals surface area contributed by atoms with Crippen LogP contribution in [0.1, 0.15) is 29.9 Å². The lowest BCUT2D eigenvalue weighted by Gasteiger charge is -2.27. The van der Waals surface area contributed by atoms with Gasteiger partial charge >= 0.3 is 0 Å². The quantitative estimate of drug-likeness (QED) is 0.212. The van der Waals surface area contributed by atoms with Gasteiger partial charge in [0.15, 0.2) is 0 Å². The molecule has 0 aliphatic carbocycles. The summed E-state index contributed by atoms with van der Waals surface area (Å²) in [6.45, 7) is 1.06. The molecule has 0 spiro atoms. The third-order valence-corrected chi connectivity index (χ3v) is 8.56. The van der Waals surface area contributed by atoms with E-state index in [1.54, 1.807) is 0 Å². The molecule has 0 radical (unpaired) electrons. The van der Waals surface area contributed by atoms with Crippen molar-refractivity contribution in [3.8, 4) is 44.5 Å². The van der Waals surface area contributed by atoms with Crippen LogP contribution >= 0.6 is 0 Å². The van der Waals surface area contributed by atoms with E-state index < -0.39 is 0 Å². The zero-order valence-electron chi connectivity index (χ0n) is 23.8. The Bertz CT molecular complexity index is 1510. The van der Waals surface area contributed by atoms with Gasteiger partial charge in [0.05, 0.1) is 0 Å². The minimum Gasteiger partial charge on any atom is -0.313 e. The summed E-state index contributed by atoms with van der Waals surface area (Å²) in [6.07, 6.45) is 2.37. The fourth-order valence-electron chi connectivity index (χ4n) is 6.50. The zero-order chi connectivity index (χ0) is 28.1. The van der Waals surface area contributed by atoms with Crippen LogP contribution in [-0.4, -0.2) is 12.6 Å². The normalized spacial score (nSPS) is 14.7. The first-order valence-electron chi connectivity index (χ1n) is 15.1. The van der Waals surface area contributed by atoms with Crippen LogP contribution in [0.3, 0.4) is 0 Å². The van der Waals surface area contributed by atoms with Gasteiger partial charge in [-0.05, 0) is 87.2 Å². The standard InChI is InChI=1S/C41H35N/c1-5-14-30(15-6-1)34-24-35(31-16-7-2-8-17-31)27-38(26-34)41(40-22-13-23-42-40)39-28-36(32-18-9-3-10-19-32)25-37(29-39)33-20-11-4-12-21-33/h1-12,14-21,24-29,40-42H,13,22-23H2. The summed E-state index contributed by atoms with van der Waals surface area (Å²) in [5.74, 6) is 0.213. The van der Waals surface area contributed by atoms with Crippen molar-refractivity contribution in [1.29, 1.82) is 0 Å². The Labute approximate surface area is 249 Å². The molecule has 0 amide bonds. The molecule has 1 atom stereocenters. The molecule has 1 aliphatic rings. The average molecular weight is 542 g/mol. The molecule has 1 aliphatic heterocycles. The predicted octanol–water partition coefficient (Wildman–Crippen LogP) is 10.2. The molecule has 1 unspecified atom stereocenters. The molecule has 6 aromatic rings. The van der Waals surface area contributed by atoms with E-state index in [1.165, 1.54) is 62.1 Å². The minimum absolute atomic E-state index is 0.213. The summed E-state index contributed by atoms with van der Waals surface area (Å²) < 4.78 is 0. The van der Waals surface area contributed by atoms with E-state index in [-0.39, 0.29) is 5.92 Å². The van der Waals surface area contributed by atoms with E-state index >= 15 is 0 Å². The molecule has 1 N–H and O–H groups in total. The topological polar surface area (TPSA) is 12.0 Å². The SMILES string of the molecule is c1ccc(-c2cc(-c3ccccc3)cc(C(c3cc(-c4ccccc4)cc(-c4ccccc4)c3)C3CCCN3)c2)cc1. The van der Waals surface area contributed by atoms with E-state index in [2.05, 4.69) is 163 Å². The molecule has 42 heavy (non-hydrogen) atoms. The molecule has 1 heteroatoms. The van der Waals surface area contributed by atoms with Crippen molar-refractivity contribution < 1.29 is 0 Å². The molecule has 1 heterocycles. The maximum atomic E-state index is 3.89. The number of hydrogen-bond acceptors (Lipinski definition) is 1. The molecule has 7 rings (SSSR count). The van der Waals surface area contributed by atoms with Gasteiger partial charge in [-0.15, -0.1) is 0 Å². The Balaban J connectivity index is 1.45. The second-order valence-corrected chi connectivity index (χ2v) is 11.3. The largest absolute Gasteiger partial charge is 0.313 e. The first-order valence-corrected chi connectivity index (χ1v) is 15.1. The molecule has 6 aromatic carbocycles.